The van der Waals surface area contributed by atoms with Crippen LogP contribution in [-0.4, -0.2) is 9.38 Å². The Morgan fingerprint density at radius 1 is 1.47 bits per heavy atom. The molecule has 0 aliphatic rings. The quantitative estimate of drug-likeness (QED) is 0.813. The van der Waals surface area contributed by atoms with E-state index in [2.05, 4.69) is 36.2 Å². The Kier molecular flexibility index (Phi) is 2.49. The molecule has 80 valence electrons. The normalized spacial score (nSPS) is 11.5. The fourth-order valence-corrected chi connectivity index (χ4v) is 1.90. The van der Waals surface area contributed by atoms with Crippen molar-refractivity contribution >= 4 is 5.65 Å². The summed E-state index contributed by atoms with van der Waals surface area (Å²) in [7, 11) is 0. The lowest BCUT2D eigenvalue weighted by Gasteiger charge is -2.01. The molecule has 0 saturated heterocycles. The number of aryl methyl sites for hydroxylation is 1. The minimum Gasteiger partial charge on any atom is -0.326 e. The van der Waals surface area contributed by atoms with Gasteiger partial charge in [0.1, 0.15) is 5.65 Å². The number of hydrogen-bond donors (Lipinski definition) is 1. The van der Waals surface area contributed by atoms with Crippen LogP contribution in [-0.2, 0) is 6.54 Å². The van der Waals surface area contributed by atoms with Crippen molar-refractivity contribution in [1.29, 1.82) is 0 Å². The van der Waals surface area contributed by atoms with Gasteiger partial charge in [0.15, 0.2) is 0 Å². The lowest BCUT2D eigenvalue weighted by molar-refractivity contribution is 0.821. The smallest absolute Gasteiger partial charge is 0.137 e. The van der Waals surface area contributed by atoms with E-state index in [4.69, 9.17) is 5.73 Å². The topological polar surface area (TPSA) is 43.3 Å². The van der Waals surface area contributed by atoms with E-state index in [1.165, 1.54) is 11.4 Å². The van der Waals surface area contributed by atoms with Crippen LogP contribution in [0.25, 0.3) is 5.65 Å². The zero-order valence-electron chi connectivity index (χ0n) is 9.49. The van der Waals surface area contributed by atoms with E-state index in [0.717, 1.165) is 11.2 Å². The van der Waals surface area contributed by atoms with Gasteiger partial charge in [-0.15, -0.1) is 0 Å². The Labute approximate surface area is 89.9 Å². The zero-order chi connectivity index (χ0) is 11.0. The molecule has 0 aliphatic heterocycles. The monoisotopic (exact) mass is 203 g/mol. The molecule has 0 aromatic carbocycles. The van der Waals surface area contributed by atoms with Crippen molar-refractivity contribution in [3.8, 4) is 0 Å². The lowest BCUT2D eigenvalue weighted by Crippen LogP contribution is -1.97. The van der Waals surface area contributed by atoms with E-state index in [9.17, 15) is 0 Å². The second kappa shape index (κ2) is 3.66. The standard InChI is InChI=1S/C12H17N3/c1-8(2)12-9(3)15-5-4-10(7-13)6-11(15)14-12/h4-6,8H,7,13H2,1-3H3. The number of nitrogens with zero attached hydrogens (tertiary/aromatic N) is 2. The fourth-order valence-electron chi connectivity index (χ4n) is 1.90. The van der Waals surface area contributed by atoms with Crippen molar-refractivity contribution in [2.24, 2.45) is 5.73 Å². The number of fused-ring (bicyclic) bond motifs is 1. The van der Waals surface area contributed by atoms with Gasteiger partial charge in [0.05, 0.1) is 5.69 Å². The van der Waals surface area contributed by atoms with Crippen LogP contribution in [0.2, 0.25) is 0 Å². The van der Waals surface area contributed by atoms with Crippen molar-refractivity contribution in [2.45, 2.75) is 33.2 Å². The Bertz CT molecular complexity index is 483. The van der Waals surface area contributed by atoms with Crippen LogP contribution in [0.4, 0.5) is 0 Å². The van der Waals surface area contributed by atoms with Crippen LogP contribution in [0, 0.1) is 6.92 Å². The van der Waals surface area contributed by atoms with Crippen LogP contribution in [0.3, 0.4) is 0 Å². The molecule has 2 rings (SSSR count). The Morgan fingerprint density at radius 2 is 2.20 bits per heavy atom. The van der Waals surface area contributed by atoms with Crippen LogP contribution >= 0.6 is 0 Å². The molecule has 2 aromatic heterocycles. The van der Waals surface area contributed by atoms with Crippen molar-refractivity contribution in [3.63, 3.8) is 0 Å². The van der Waals surface area contributed by atoms with Crippen LogP contribution < -0.4 is 5.73 Å². The summed E-state index contributed by atoms with van der Waals surface area (Å²) in [6.07, 6.45) is 2.05. The summed E-state index contributed by atoms with van der Waals surface area (Å²) in [4.78, 5) is 4.63. The van der Waals surface area contributed by atoms with Crippen LogP contribution in [0.1, 0.15) is 36.7 Å². The van der Waals surface area contributed by atoms with E-state index < -0.39 is 0 Å². The summed E-state index contributed by atoms with van der Waals surface area (Å²) in [5.41, 5.74) is 10.1. The molecule has 0 aliphatic carbocycles. The third-order valence-electron chi connectivity index (χ3n) is 2.75. The molecule has 0 unspecified atom stereocenters. The average molecular weight is 203 g/mol. The van der Waals surface area contributed by atoms with Crippen LogP contribution in [0.5, 0.6) is 0 Å². The second-order valence-corrected chi connectivity index (χ2v) is 4.20. The minimum atomic E-state index is 0.464. The first-order valence-electron chi connectivity index (χ1n) is 5.31. The van der Waals surface area contributed by atoms with E-state index in [0.29, 0.717) is 12.5 Å². The second-order valence-electron chi connectivity index (χ2n) is 4.20. The zero-order valence-corrected chi connectivity index (χ0v) is 9.49. The molecule has 0 atom stereocenters. The maximum atomic E-state index is 5.61. The van der Waals surface area contributed by atoms with Crippen LogP contribution in [0.15, 0.2) is 18.3 Å². The summed E-state index contributed by atoms with van der Waals surface area (Å²) in [6, 6.07) is 4.10. The largest absolute Gasteiger partial charge is 0.326 e. The molecule has 0 bridgehead atoms. The first-order valence-corrected chi connectivity index (χ1v) is 5.31. The number of pyridine rings is 1. The highest BCUT2D eigenvalue weighted by atomic mass is 15.0. The summed E-state index contributed by atoms with van der Waals surface area (Å²) >= 11 is 0. The lowest BCUT2D eigenvalue weighted by atomic mass is 10.1. The van der Waals surface area contributed by atoms with Gasteiger partial charge in [0.2, 0.25) is 0 Å². The molecule has 2 aromatic rings. The van der Waals surface area contributed by atoms with Gasteiger partial charge in [-0.1, -0.05) is 13.8 Å². The Balaban J connectivity index is 2.65. The highest BCUT2D eigenvalue weighted by molar-refractivity contribution is 5.46. The Morgan fingerprint density at radius 3 is 2.80 bits per heavy atom. The van der Waals surface area contributed by atoms with Gasteiger partial charge in [0, 0.05) is 18.4 Å². The van der Waals surface area contributed by atoms with Gasteiger partial charge < -0.3 is 10.1 Å². The van der Waals surface area contributed by atoms with Gasteiger partial charge >= 0.3 is 0 Å². The summed E-state index contributed by atoms with van der Waals surface area (Å²) in [5.74, 6) is 0.464. The van der Waals surface area contributed by atoms with Crippen molar-refractivity contribution in [2.75, 3.05) is 0 Å². The third-order valence-corrected chi connectivity index (χ3v) is 2.75. The summed E-state index contributed by atoms with van der Waals surface area (Å²) < 4.78 is 2.12. The highest BCUT2D eigenvalue weighted by Gasteiger charge is 2.10. The molecule has 2 N–H and O–H groups in total. The van der Waals surface area contributed by atoms with E-state index >= 15 is 0 Å². The predicted octanol–water partition coefficient (Wildman–Crippen LogP) is 2.22. The van der Waals surface area contributed by atoms with Crippen molar-refractivity contribution in [1.82, 2.24) is 9.38 Å². The fraction of sp³-hybridized carbons (Fsp3) is 0.417. The predicted molar refractivity (Wildman–Crippen MR) is 61.9 cm³/mol. The number of aromatic nitrogens is 2. The van der Waals surface area contributed by atoms with Gasteiger partial charge in [-0.2, -0.15) is 0 Å². The van der Waals surface area contributed by atoms with Gasteiger partial charge in [-0.05, 0) is 30.5 Å². The van der Waals surface area contributed by atoms with Crippen molar-refractivity contribution in [3.05, 3.63) is 35.3 Å². The van der Waals surface area contributed by atoms with E-state index in [1.807, 2.05) is 12.3 Å². The van der Waals surface area contributed by atoms with Crippen molar-refractivity contribution < 1.29 is 0 Å². The molecule has 0 fully saturated rings. The highest BCUT2D eigenvalue weighted by Crippen LogP contribution is 2.20. The van der Waals surface area contributed by atoms with Gasteiger partial charge in [-0.25, -0.2) is 4.98 Å². The molecule has 0 spiro atoms. The molecule has 0 saturated carbocycles. The van der Waals surface area contributed by atoms with E-state index in [1.54, 1.807) is 0 Å². The number of nitrogens with two attached hydrogens (primary N) is 1. The SMILES string of the molecule is Cc1c(C(C)C)nc2cc(CN)ccn12. The first-order chi connectivity index (χ1) is 7.13. The van der Waals surface area contributed by atoms with Gasteiger partial charge in [-0.3, -0.25) is 0 Å². The number of rotatable bonds is 2. The molecule has 0 amide bonds. The van der Waals surface area contributed by atoms with E-state index in [-0.39, 0.29) is 0 Å². The molecule has 15 heavy (non-hydrogen) atoms. The third kappa shape index (κ3) is 1.63. The summed E-state index contributed by atoms with van der Waals surface area (Å²) in [6.45, 7) is 7.01. The minimum absolute atomic E-state index is 0.464. The number of hydrogen-bond acceptors (Lipinski definition) is 2. The molecular weight excluding hydrogens is 186 g/mol. The molecule has 3 nitrogen and oxygen atoms in total. The Hall–Kier alpha value is -1.35. The molecule has 0 radical (unpaired) electrons. The first kappa shape index (κ1) is 10.2. The maximum absolute atomic E-state index is 5.61. The summed E-state index contributed by atoms with van der Waals surface area (Å²) in [5, 5.41) is 0. The molecular formula is C12H17N3. The molecule has 2 heterocycles. The number of imidazole rings is 1. The molecule has 3 heteroatoms. The van der Waals surface area contributed by atoms with Gasteiger partial charge in [0.25, 0.3) is 0 Å². The maximum Gasteiger partial charge on any atom is 0.137 e. The average Bonchev–Trinajstić information content (AvgIpc) is 2.55.